The van der Waals surface area contributed by atoms with Crippen LogP contribution in [0.2, 0.25) is 0 Å². The van der Waals surface area contributed by atoms with Gasteiger partial charge in [-0.15, -0.1) is 0 Å². The first-order valence-corrected chi connectivity index (χ1v) is 8.61. The van der Waals surface area contributed by atoms with Gasteiger partial charge in [0.2, 0.25) is 5.57 Å². The lowest BCUT2D eigenvalue weighted by molar-refractivity contribution is -0.0211. The Labute approximate surface area is 124 Å². The number of aliphatic hydroxyl groups excluding tert-OH is 1. The molecule has 0 aromatic rings. The van der Waals surface area contributed by atoms with E-state index in [2.05, 4.69) is 0 Å². The van der Waals surface area contributed by atoms with Crippen molar-refractivity contribution in [1.82, 2.24) is 0 Å². The minimum atomic E-state index is -4.89. The van der Waals surface area contributed by atoms with Gasteiger partial charge in [-0.05, 0) is 25.3 Å². The summed E-state index contributed by atoms with van der Waals surface area (Å²) in [5.74, 6) is -0.129. The number of aliphatic hydroxyl groups is 1. The van der Waals surface area contributed by atoms with Crippen molar-refractivity contribution < 1.29 is 33.3 Å². The molecule has 0 spiro atoms. The molecular weight excluding hydrogens is 302 g/mol. The van der Waals surface area contributed by atoms with Gasteiger partial charge < -0.3 is 24.4 Å². The van der Waals surface area contributed by atoms with E-state index in [1.165, 1.54) is 0 Å². The zero-order valence-corrected chi connectivity index (χ0v) is 13.4. The Kier molecular flexibility index (Phi) is 6.97. The van der Waals surface area contributed by atoms with Crippen LogP contribution in [-0.4, -0.2) is 46.4 Å². The zero-order valence-electron chi connectivity index (χ0n) is 12.5. The van der Waals surface area contributed by atoms with Gasteiger partial charge in [0.25, 0.3) is 0 Å². The Balaban J connectivity index is 2.88. The van der Waals surface area contributed by atoms with Crippen molar-refractivity contribution in [3.8, 4) is 0 Å². The van der Waals surface area contributed by atoms with Crippen molar-refractivity contribution in [3.05, 3.63) is 11.6 Å². The van der Waals surface area contributed by atoms with E-state index in [-0.39, 0.29) is 30.7 Å². The van der Waals surface area contributed by atoms with Crippen molar-refractivity contribution in [3.63, 3.8) is 0 Å². The summed E-state index contributed by atoms with van der Waals surface area (Å²) in [7, 11) is -4.89. The molecule has 124 valence electrons. The van der Waals surface area contributed by atoms with Crippen LogP contribution < -0.4 is 0 Å². The maximum absolute atomic E-state index is 13.5. The van der Waals surface area contributed by atoms with Crippen LogP contribution in [0.4, 0.5) is 4.39 Å². The molecule has 21 heavy (non-hydrogen) atoms. The predicted octanol–water partition coefficient (Wildman–Crippen LogP) is 1.80. The first-order valence-electron chi connectivity index (χ1n) is 6.99. The molecule has 1 unspecified atom stereocenters. The molecule has 0 aliphatic carbocycles. The summed E-state index contributed by atoms with van der Waals surface area (Å²) in [6, 6.07) is 0. The topological polar surface area (TPSA) is 96.2 Å². The van der Waals surface area contributed by atoms with Crippen molar-refractivity contribution >= 4 is 7.60 Å². The molecule has 0 radical (unpaired) electrons. The summed E-state index contributed by atoms with van der Waals surface area (Å²) in [6.07, 6.45) is -0.0148. The standard InChI is InChI=1S/C13H24FO6P/c1-8(2)12-10(7-11(14)21(16,17)18)20-9(3)13(12)19-6-4-5-15/h7-10,12-13,15H,4-6H2,1-3H3,(H2,16,17,18)/b11-7+/t9-,10+,12?,13-/m0/s1. The van der Waals surface area contributed by atoms with Crippen LogP contribution in [0.3, 0.4) is 0 Å². The molecule has 1 rings (SSSR count). The second-order valence-electron chi connectivity index (χ2n) is 5.57. The monoisotopic (exact) mass is 326 g/mol. The Hall–Kier alpha value is -0.300. The van der Waals surface area contributed by atoms with Crippen LogP contribution in [0.15, 0.2) is 11.6 Å². The molecule has 1 saturated heterocycles. The molecule has 6 nitrogen and oxygen atoms in total. The summed E-state index contributed by atoms with van der Waals surface area (Å²) in [5, 5.41) is 8.78. The molecule has 0 aromatic carbocycles. The first-order chi connectivity index (χ1) is 9.68. The van der Waals surface area contributed by atoms with Gasteiger partial charge in [-0.1, -0.05) is 13.8 Å². The van der Waals surface area contributed by atoms with Crippen LogP contribution in [0, 0.1) is 11.8 Å². The number of hydrogen-bond acceptors (Lipinski definition) is 4. The van der Waals surface area contributed by atoms with E-state index in [9.17, 15) is 8.96 Å². The van der Waals surface area contributed by atoms with E-state index >= 15 is 0 Å². The van der Waals surface area contributed by atoms with Gasteiger partial charge in [-0.3, -0.25) is 4.57 Å². The average Bonchev–Trinajstić information content (AvgIpc) is 2.65. The molecule has 0 aromatic heterocycles. The van der Waals surface area contributed by atoms with E-state index in [4.69, 9.17) is 24.4 Å². The summed E-state index contributed by atoms with van der Waals surface area (Å²) in [6.45, 7) is 6.00. The Bertz CT molecular complexity index is 407. The molecular formula is C13H24FO6P. The quantitative estimate of drug-likeness (QED) is 0.488. The smallest absolute Gasteiger partial charge is 0.384 e. The minimum absolute atomic E-state index is 0.0183. The maximum Gasteiger partial charge on any atom is 0.384 e. The molecule has 0 bridgehead atoms. The molecule has 1 heterocycles. The highest BCUT2D eigenvalue weighted by Crippen LogP contribution is 2.47. The lowest BCUT2D eigenvalue weighted by Crippen LogP contribution is -2.33. The van der Waals surface area contributed by atoms with E-state index in [0.717, 1.165) is 6.08 Å². The highest BCUT2D eigenvalue weighted by Gasteiger charge is 2.44. The van der Waals surface area contributed by atoms with Gasteiger partial charge in [0.05, 0.1) is 18.3 Å². The third kappa shape index (κ3) is 5.13. The molecule has 8 heteroatoms. The van der Waals surface area contributed by atoms with E-state index < -0.39 is 19.3 Å². The minimum Gasteiger partial charge on any atom is -0.396 e. The molecule has 1 aliphatic heterocycles. The highest BCUT2D eigenvalue weighted by molar-refractivity contribution is 7.56. The fourth-order valence-corrected chi connectivity index (χ4v) is 2.93. The van der Waals surface area contributed by atoms with Gasteiger partial charge in [0.1, 0.15) is 0 Å². The van der Waals surface area contributed by atoms with Crippen LogP contribution in [-0.2, 0) is 14.0 Å². The molecule has 1 fully saturated rings. The van der Waals surface area contributed by atoms with Gasteiger partial charge in [0.15, 0.2) is 0 Å². The molecule has 0 amide bonds. The third-order valence-corrected chi connectivity index (χ3v) is 4.26. The first kappa shape index (κ1) is 18.7. The molecule has 3 N–H and O–H groups in total. The van der Waals surface area contributed by atoms with E-state index in [1.807, 2.05) is 13.8 Å². The fourth-order valence-electron chi connectivity index (χ4n) is 2.59. The lowest BCUT2D eigenvalue weighted by Gasteiger charge is -2.26. The van der Waals surface area contributed by atoms with Crippen molar-refractivity contribution in [1.29, 1.82) is 0 Å². The number of hydrogen-bond donors (Lipinski definition) is 3. The molecule has 0 saturated carbocycles. The van der Waals surface area contributed by atoms with Crippen molar-refractivity contribution in [2.45, 2.75) is 45.5 Å². The Morgan fingerprint density at radius 2 is 2.10 bits per heavy atom. The third-order valence-electron chi connectivity index (χ3n) is 3.56. The second kappa shape index (κ2) is 7.81. The van der Waals surface area contributed by atoms with Crippen molar-refractivity contribution in [2.75, 3.05) is 13.2 Å². The fraction of sp³-hybridized carbons (Fsp3) is 0.846. The van der Waals surface area contributed by atoms with Crippen LogP contribution in [0.25, 0.3) is 0 Å². The molecule has 1 aliphatic rings. The summed E-state index contributed by atoms with van der Waals surface area (Å²) >= 11 is 0. The van der Waals surface area contributed by atoms with Gasteiger partial charge >= 0.3 is 7.60 Å². The van der Waals surface area contributed by atoms with Crippen molar-refractivity contribution in [2.24, 2.45) is 11.8 Å². The highest BCUT2D eigenvalue weighted by atomic mass is 31.2. The average molecular weight is 326 g/mol. The number of rotatable bonds is 7. The SMILES string of the molecule is CC(C)C1[C@@H](OCCCO)[C@H](C)O[C@@H]1/C=C(\F)P(=O)(O)O. The summed E-state index contributed by atoms with van der Waals surface area (Å²) in [4.78, 5) is 17.7. The van der Waals surface area contributed by atoms with E-state index in [1.54, 1.807) is 6.92 Å². The van der Waals surface area contributed by atoms with Gasteiger partial charge in [-0.2, -0.15) is 4.39 Å². The summed E-state index contributed by atoms with van der Waals surface area (Å²) in [5.41, 5.74) is -1.47. The van der Waals surface area contributed by atoms with Crippen LogP contribution in [0.1, 0.15) is 27.2 Å². The van der Waals surface area contributed by atoms with Gasteiger partial charge in [0, 0.05) is 19.1 Å². The predicted molar refractivity (Wildman–Crippen MR) is 75.3 cm³/mol. The Morgan fingerprint density at radius 3 is 2.57 bits per heavy atom. The second-order valence-corrected chi connectivity index (χ2v) is 7.09. The van der Waals surface area contributed by atoms with Gasteiger partial charge in [-0.25, -0.2) is 0 Å². The summed E-state index contributed by atoms with van der Waals surface area (Å²) < 4.78 is 35.7. The largest absolute Gasteiger partial charge is 0.396 e. The lowest BCUT2D eigenvalue weighted by atomic mass is 9.86. The van der Waals surface area contributed by atoms with Crippen LogP contribution in [0.5, 0.6) is 0 Å². The number of halogens is 1. The van der Waals surface area contributed by atoms with E-state index in [0.29, 0.717) is 13.0 Å². The van der Waals surface area contributed by atoms with Crippen LogP contribution >= 0.6 is 7.60 Å². The zero-order chi connectivity index (χ0) is 16.2. The molecule has 4 atom stereocenters. The Morgan fingerprint density at radius 1 is 1.48 bits per heavy atom. The maximum atomic E-state index is 13.5. The normalized spacial score (nSPS) is 31.1. The number of ether oxygens (including phenoxy) is 2.